The summed E-state index contributed by atoms with van der Waals surface area (Å²) >= 11 is 3.60. The highest BCUT2D eigenvalue weighted by molar-refractivity contribution is 8.01. The Labute approximate surface area is 99.1 Å². The van der Waals surface area contributed by atoms with Gasteiger partial charge < -0.3 is 5.32 Å². The molecule has 0 radical (unpaired) electrons. The summed E-state index contributed by atoms with van der Waals surface area (Å²) in [5.74, 6) is 0. The van der Waals surface area contributed by atoms with Gasteiger partial charge in [0.1, 0.15) is 0 Å². The second kappa shape index (κ2) is 5.70. The molecule has 0 amide bonds. The van der Waals surface area contributed by atoms with Crippen molar-refractivity contribution in [2.45, 2.75) is 48.6 Å². The molecule has 1 N–H and O–H groups in total. The minimum Gasteiger partial charge on any atom is -0.360 e. The maximum absolute atomic E-state index is 4.20. The fourth-order valence-electron chi connectivity index (χ4n) is 1.71. The number of anilines is 1. The van der Waals surface area contributed by atoms with Gasteiger partial charge in [0.25, 0.3) is 0 Å². The molecule has 0 saturated heterocycles. The Bertz CT molecular complexity index is 295. The van der Waals surface area contributed by atoms with Crippen molar-refractivity contribution in [3.05, 3.63) is 0 Å². The number of nitrogens with one attached hydrogen (secondary N) is 1. The quantitative estimate of drug-likeness (QED) is 0.860. The Morgan fingerprint density at radius 3 is 2.93 bits per heavy atom. The van der Waals surface area contributed by atoms with Crippen molar-refractivity contribution in [2.24, 2.45) is 0 Å². The van der Waals surface area contributed by atoms with E-state index in [9.17, 15) is 0 Å². The Kier molecular flexibility index (Phi) is 4.26. The van der Waals surface area contributed by atoms with Gasteiger partial charge in [0, 0.05) is 11.8 Å². The zero-order valence-corrected chi connectivity index (χ0v) is 10.7. The van der Waals surface area contributed by atoms with Gasteiger partial charge in [0.15, 0.2) is 4.34 Å². The summed E-state index contributed by atoms with van der Waals surface area (Å²) in [6, 6.07) is 0. The minimum absolute atomic E-state index is 0.789. The molecule has 15 heavy (non-hydrogen) atoms. The largest absolute Gasteiger partial charge is 0.360 e. The number of thioether (sulfide) groups is 1. The first-order valence-electron chi connectivity index (χ1n) is 5.62. The second-order valence-electron chi connectivity index (χ2n) is 3.82. The first kappa shape index (κ1) is 11.2. The van der Waals surface area contributed by atoms with Crippen molar-refractivity contribution in [2.75, 3.05) is 11.9 Å². The van der Waals surface area contributed by atoms with Crippen LogP contribution in [-0.2, 0) is 0 Å². The molecular weight excluding hydrogens is 226 g/mol. The molecule has 5 heteroatoms. The van der Waals surface area contributed by atoms with Gasteiger partial charge in [-0.2, -0.15) is 0 Å². The summed E-state index contributed by atoms with van der Waals surface area (Å²) in [5, 5.41) is 13.4. The van der Waals surface area contributed by atoms with E-state index >= 15 is 0 Å². The predicted octanol–water partition coefficient (Wildman–Crippen LogP) is 3.39. The van der Waals surface area contributed by atoms with E-state index in [2.05, 4.69) is 22.4 Å². The van der Waals surface area contributed by atoms with Crippen LogP contribution in [0.4, 0.5) is 5.13 Å². The molecule has 1 heterocycles. The summed E-state index contributed by atoms with van der Waals surface area (Å²) in [6.45, 7) is 3.14. The van der Waals surface area contributed by atoms with E-state index in [1.165, 1.54) is 25.7 Å². The number of nitrogens with zero attached hydrogens (tertiary/aromatic N) is 2. The van der Waals surface area contributed by atoms with Crippen molar-refractivity contribution in [3.63, 3.8) is 0 Å². The molecule has 0 spiro atoms. The maximum atomic E-state index is 4.20. The van der Waals surface area contributed by atoms with Gasteiger partial charge in [-0.1, -0.05) is 42.9 Å². The molecular formula is C10H17N3S2. The summed E-state index contributed by atoms with van der Waals surface area (Å²) in [7, 11) is 0. The third-order valence-corrected chi connectivity index (χ3v) is 4.80. The number of hydrogen-bond donors (Lipinski definition) is 1. The van der Waals surface area contributed by atoms with Gasteiger partial charge in [-0.15, -0.1) is 10.2 Å². The van der Waals surface area contributed by atoms with E-state index in [-0.39, 0.29) is 0 Å². The highest BCUT2D eigenvalue weighted by Crippen LogP contribution is 2.36. The summed E-state index contributed by atoms with van der Waals surface area (Å²) in [4.78, 5) is 0. The standard InChI is InChI=1S/C10H17N3S2/c1-2-7-11-9-12-13-10(15-9)14-8-5-3-4-6-8/h8H,2-7H2,1H3,(H,11,12). The first-order chi connectivity index (χ1) is 7.38. The molecule has 84 valence electrons. The highest BCUT2D eigenvalue weighted by Gasteiger charge is 2.18. The molecule has 1 aliphatic rings. The SMILES string of the molecule is CCCNc1nnc(SC2CCCC2)s1. The molecule has 1 aromatic heterocycles. The molecule has 1 fully saturated rings. The zero-order chi connectivity index (χ0) is 10.5. The summed E-state index contributed by atoms with van der Waals surface area (Å²) in [5.41, 5.74) is 0. The molecule has 2 rings (SSSR count). The lowest BCUT2D eigenvalue weighted by molar-refractivity contribution is 0.886. The number of aromatic nitrogens is 2. The molecule has 0 bridgehead atoms. The molecule has 3 nitrogen and oxygen atoms in total. The minimum atomic E-state index is 0.789. The van der Waals surface area contributed by atoms with E-state index < -0.39 is 0 Å². The van der Waals surface area contributed by atoms with Crippen molar-refractivity contribution < 1.29 is 0 Å². The van der Waals surface area contributed by atoms with Crippen LogP contribution in [0.2, 0.25) is 0 Å². The smallest absolute Gasteiger partial charge is 0.206 e. The van der Waals surface area contributed by atoms with Gasteiger partial charge in [-0.25, -0.2) is 0 Å². The first-order valence-corrected chi connectivity index (χ1v) is 7.32. The number of hydrogen-bond acceptors (Lipinski definition) is 5. The van der Waals surface area contributed by atoms with Crippen molar-refractivity contribution >= 4 is 28.2 Å². The highest BCUT2D eigenvalue weighted by atomic mass is 32.2. The average Bonchev–Trinajstić information content (AvgIpc) is 2.87. The monoisotopic (exact) mass is 243 g/mol. The van der Waals surface area contributed by atoms with Crippen LogP contribution in [0.25, 0.3) is 0 Å². The molecule has 1 aromatic rings. The third-order valence-electron chi connectivity index (χ3n) is 2.50. The topological polar surface area (TPSA) is 37.8 Å². The van der Waals surface area contributed by atoms with Crippen LogP contribution in [0.15, 0.2) is 4.34 Å². The van der Waals surface area contributed by atoms with Crippen LogP contribution in [0, 0.1) is 0 Å². The van der Waals surface area contributed by atoms with Crippen LogP contribution in [-0.4, -0.2) is 22.0 Å². The van der Waals surface area contributed by atoms with Crippen LogP contribution >= 0.6 is 23.1 Å². The maximum Gasteiger partial charge on any atom is 0.206 e. The Morgan fingerprint density at radius 1 is 1.40 bits per heavy atom. The van der Waals surface area contributed by atoms with Crippen molar-refractivity contribution in [3.8, 4) is 0 Å². The lowest BCUT2D eigenvalue weighted by Gasteiger charge is -2.03. The molecule has 0 aromatic carbocycles. The van der Waals surface area contributed by atoms with Gasteiger partial charge in [-0.3, -0.25) is 0 Å². The van der Waals surface area contributed by atoms with Gasteiger partial charge in [0.05, 0.1) is 0 Å². The van der Waals surface area contributed by atoms with Gasteiger partial charge in [0.2, 0.25) is 5.13 Å². The van der Waals surface area contributed by atoms with Gasteiger partial charge >= 0.3 is 0 Å². The Balaban J connectivity index is 1.83. The van der Waals surface area contributed by atoms with Crippen LogP contribution in [0.5, 0.6) is 0 Å². The van der Waals surface area contributed by atoms with E-state index in [0.29, 0.717) is 0 Å². The van der Waals surface area contributed by atoms with Crippen LogP contribution < -0.4 is 5.32 Å². The zero-order valence-electron chi connectivity index (χ0n) is 9.03. The Morgan fingerprint density at radius 2 is 2.20 bits per heavy atom. The molecule has 0 aliphatic heterocycles. The van der Waals surface area contributed by atoms with Crippen molar-refractivity contribution in [1.29, 1.82) is 0 Å². The summed E-state index contributed by atoms with van der Waals surface area (Å²) in [6.07, 6.45) is 6.60. The van der Waals surface area contributed by atoms with Crippen LogP contribution in [0.3, 0.4) is 0 Å². The second-order valence-corrected chi connectivity index (χ2v) is 6.35. The normalized spacial score (nSPS) is 17.1. The molecule has 0 atom stereocenters. The molecule has 0 unspecified atom stereocenters. The van der Waals surface area contributed by atoms with Gasteiger partial charge in [-0.05, 0) is 19.3 Å². The third kappa shape index (κ3) is 3.34. The van der Waals surface area contributed by atoms with E-state index in [1.54, 1.807) is 11.3 Å². The van der Waals surface area contributed by atoms with E-state index in [0.717, 1.165) is 27.7 Å². The Hall–Kier alpha value is -0.290. The average molecular weight is 243 g/mol. The summed E-state index contributed by atoms with van der Waals surface area (Å²) < 4.78 is 1.13. The van der Waals surface area contributed by atoms with E-state index in [4.69, 9.17) is 0 Å². The lowest BCUT2D eigenvalue weighted by Crippen LogP contribution is -1.98. The number of rotatable bonds is 5. The molecule has 1 saturated carbocycles. The van der Waals surface area contributed by atoms with Crippen molar-refractivity contribution in [1.82, 2.24) is 10.2 Å². The van der Waals surface area contributed by atoms with E-state index in [1.807, 2.05) is 11.8 Å². The molecule has 1 aliphatic carbocycles. The fraction of sp³-hybridized carbons (Fsp3) is 0.800. The lowest BCUT2D eigenvalue weighted by atomic mass is 10.4. The fourth-order valence-corrected chi connectivity index (χ4v) is 3.99. The predicted molar refractivity (Wildman–Crippen MR) is 66.8 cm³/mol. The van der Waals surface area contributed by atoms with Crippen LogP contribution in [0.1, 0.15) is 39.0 Å².